The number of carbonyl (C=O) groups excluding carboxylic acids is 1. The van der Waals surface area contributed by atoms with Crippen molar-refractivity contribution in [1.82, 2.24) is 4.98 Å². The SMILES string of the molecule is O=C1CCCc2nc(-c3ccc(Cl)cc3Cl)sc21. The van der Waals surface area contributed by atoms with Crippen molar-refractivity contribution >= 4 is 40.3 Å². The Morgan fingerprint density at radius 2 is 2.06 bits per heavy atom. The zero-order chi connectivity index (χ0) is 12.7. The van der Waals surface area contributed by atoms with E-state index in [-0.39, 0.29) is 5.78 Å². The fourth-order valence-electron chi connectivity index (χ4n) is 2.05. The summed E-state index contributed by atoms with van der Waals surface area (Å²) < 4.78 is 0. The molecule has 1 aromatic heterocycles. The molecule has 0 N–H and O–H groups in total. The first-order valence-electron chi connectivity index (χ1n) is 5.63. The minimum absolute atomic E-state index is 0.199. The second-order valence-electron chi connectivity index (χ2n) is 4.20. The second-order valence-corrected chi connectivity index (χ2v) is 6.04. The third-order valence-corrected chi connectivity index (χ3v) is 4.65. The van der Waals surface area contributed by atoms with Gasteiger partial charge in [0.2, 0.25) is 0 Å². The standard InChI is InChI=1S/C13H9Cl2NOS/c14-7-4-5-8(9(15)6-7)13-16-10-2-1-3-11(17)12(10)18-13/h4-6H,1-3H2. The Morgan fingerprint density at radius 1 is 1.22 bits per heavy atom. The molecule has 3 rings (SSSR count). The highest BCUT2D eigenvalue weighted by Gasteiger charge is 2.23. The number of carbonyl (C=O) groups is 1. The van der Waals surface area contributed by atoms with E-state index in [0.29, 0.717) is 16.5 Å². The van der Waals surface area contributed by atoms with Crippen molar-refractivity contribution in [3.05, 3.63) is 38.8 Å². The summed E-state index contributed by atoms with van der Waals surface area (Å²) >= 11 is 13.5. The Morgan fingerprint density at radius 3 is 2.78 bits per heavy atom. The van der Waals surface area contributed by atoms with Crippen LogP contribution < -0.4 is 0 Å². The molecule has 0 radical (unpaired) electrons. The summed E-state index contributed by atoms with van der Waals surface area (Å²) in [5.74, 6) is 0.199. The van der Waals surface area contributed by atoms with Crippen molar-refractivity contribution in [2.75, 3.05) is 0 Å². The first kappa shape index (κ1) is 12.2. The van der Waals surface area contributed by atoms with Crippen LogP contribution in [0, 0.1) is 0 Å². The summed E-state index contributed by atoms with van der Waals surface area (Å²) in [6.07, 6.45) is 2.40. The lowest BCUT2D eigenvalue weighted by Gasteiger charge is -2.06. The maximum absolute atomic E-state index is 11.8. The van der Waals surface area contributed by atoms with Crippen molar-refractivity contribution in [2.45, 2.75) is 19.3 Å². The molecule has 1 aliphatic carbocycles. The number of aromatic nitrogens is 1. The van der Waals surface area contributed by atoms with E-state index in [2.05, 4.69) is 4.98 Å². The Balaban J connectivity index is 2.10. The molecule has 5 heteroatoms. The van der Waals surface area contributed by atoms with Gasteiger partial charge in [-0.2, -0.15) is 0 Å². The fourth-order valence-corrected chi connectivity index (χ4v) is 3.72. The van der Waals surface area contributed by atoms with E-state index in [1.807, 2.05) is 6.07 Å². The van der Waals surface area contributed by atoms with Crippen molar-refractivity contribution in [3.8, 4) is 10.6 Å². The molecule has 1 aromatic carbocycles. The predicted octanol–water partition coefficient (Wildman–Crippen LogP) is 4.64. The number of thiazole rings is 1. The highest BCUT2D eigenvalue weighted by atomic mass is 35.5. The van der Waals surface area contributed by atoms with Crippen LogP contribution in [0.25, 0.3) is 10.6 Å². The van der Waals surface area contributed by atoms with Gasteiger partial charge in [0.15, 0.2) is 5.78 Å². The first-order chi connectivity index (χ1) is 8.65. The van der Waals surface area contributed by atoms with Gasteiger partial charge in [-0.15, -0.1) is 11.3 Å². The zero-order valence-electron chi connectivity index (χ0n) is 9.37. The number of halogens is 2. The van der Waals surface area contributed by atoms with Crippen LogP contribution in [0.2, 0.25) is 10.0 Å². The van der Waals surface area contributed by atoms with E-state index >= 15 is 0 Å². The number of benzene rings is 1. The lowest BCUT2D eigenvalue weighted by atomic mass is 10.0. The average molecular weight is 298 g/mol. The number of rotatable bonds is 1. The van der Waals surface area contributed by atoms with Crippen LogP contribution in [0.15, 0.2) is 18.2 Å². The molecule has 0 unspecified atom stereocenters. The minimum Gasteiger partial charge on any atom is -0.293 e. The maximum atomic E-state index is 11.8. The molecule has 0 aliphatic heterocycles. The molecule has 0 saturated heterocycles. The van der Waals surface area contributed by atoms with Crippen LogP contribution in [0.1, 0.15) is 28.2 Å². The molecule has 1 heterocycles. The van der Waals surface area contributed by atoms with Gasteiger partial charge in [-0.1, -0.05) is 23.2 Å². The Bertz CT molecular complexity index is 636. The van der Waals surface area contributed by atoms with Crippen molar-refractivity contribution in [3.63, 3.8) is 0 Å². The lowest BCUT2D eigenvalue weighted by Crippen LogP contribution is -2.07. The highest BCUT2D eigenvalue weighted by Crippen LogP contribution is 2.36. The third-order valence-electron chi connectivity index (χ3n) is 2.93. The van der Waals surface area contributed by atoms with Gasteiger partial charge < -0.3 is 0 Å². The molecule has 0 bridgehead atoms. The summed E-state index contributed by atoms with van der Waals surface area (Å²) in [4.78, 5) is 17.1. The van der Waals surface area contributed by atoms with Crippen molar-refractivity contribution in [2.24, 2.45) is 0 Å². The van der Waals surface area contributed by atoms with E-state index in [1.165, 1.54) is 11.3 Å². The number of Topliss-reactive ketones (excluding diaryl/α,β-unsaturated/α-hetero) is 1. The minimum atomic E-state index is 0.199. The number of fused-ring (bicyclic) bond motifs is 1. The van der Waals surface area contributed by atoms with Crippen molar-refractivity contribution < 1.29 is 4.79 Å². The summed E-state index contributed by atoms with van der Waals surface area (Å²) in [5, 5.41) is 1.97. The summed E-state index contributed by atoms with van der Waals surface area (Å²) in [7, 11) is 0. The van der Waals surface area contributed by atoms with Gasteiger partial charge in [0.25, 0.3) is 0 Å². The van der Waals surface area contributed by atoms with Crippen LogP contribution >= 0.6 is 34.5 Å². The molecular weight excluding hydrogens is 289 g/mol. The van der Waals surface area contributed by atoms with Crippen molar-refractivity contribution in [1.29, 1.82) is 0 Å². The molecule has 0 saturated carbocycles. The van der Waals surface area contributed by atoms with Gasteiger partial charge >= 0.3 is 0 Å². The van der Waals surface area contributed by atoms with Gasteiger partial charge in [-0.05, 0) is 31.0 Å². The topological polar surface area (TPSA) is 30.0 Å². The molecule has 2 aromatic rings. The number of hydrogen-bond acceptors (Lipinski definition) is 3. The molecule has 92 valence electrons. The van der Waals surface area contributed by atoms with Gasteiger partial charge in [0, 0.05) is 17.0 Å². The third kappa shape index (κ3) is 2.07. The number of aryl methyl sites for hydroxylation is 1. The number of ketones is 1. The van der Waals surface area contributed by atoms with E-state index < -0.39 is 0 Å². The first-order valence-corrected chi connectivity index (χ1v) is 7.21. The second kappa shape index (κ2) is 4.65. The lowest BCUT2D eigenvalue weighted by molar-refractivity contribution is 0.0976. The van der Waals surface area contributed by atoms with Gasteiger partial charge in [-0.3, -0.25) is 4.79 Å². The van der Waals surface area contributed by atoms with E-state index in [1.54, 1.807) is 12.1 Å². The highest BCUT2D eigenvalue weighted by molar-refractivity contribution is 7.17. The quantitative estimate of drug-likeness (QED) is 0.768. The summed E-state index contributed by atoms with van der Waals surface area (Å²) in [5.41, 5.74) is 1.76. The van der Waals surface area contributed by atoms with E-state index in [9.17, 15) is 4.79 Å². The number of nitrogens with zero attached hydrogens (tertiary/aromatic N) is 1. The number of hydrogen-bond donors (Lipinski definition) is 0. The molecule has 0 atom stereocenters. The molecule has 1 aliphatic rings. The van der Waals surface area contributed by atoms with Gasteiger partial charge in [-0.25, -0.2) is 4.98 Å². The average Bonchev–Trinajstić information content (AvgIpc) is 2.74. The molecule has 18 heavy (non-hydrogen) atoms. The van der Waals surface area contributed by atoms with Crippen LogP contribution in [0.3, 0.4) is 0 Å². The van der Waals surface area contributed by atoms with Crippen LogP contribution in [0.4, 0.5) is 0 Å². The van der Waals surface area contributed by atoms with E-state index in [0.717, 1.165) is 34.0 Å². The van der Waals surface area contributed by atoms with Crippen LogP contribution in [0.5, 0.6) is 0 Å². The molecular formula is C13H9Cl2NOS. The molecule has 0 amide bonds. The molecule has 2 nitrogen and oxygen atoms in total. The van der Waals surface area contributed by atoms with Gasteiger partial charge in [0.1, 0.15) is 5.01 Å². The largest absolute Gasteiger partial charge is 0.293 e. The monoisotopic (exact) mass is 297 g/mol. The Labute approximate surface area is 119 Å². The molecule has 0 spiro atoms. The Kier molecular flexibility index (Phi) is 3.14. The normalized spacial score (nSPS) is 14.7. The summed E-state index contributed by atoms with van der Waals surface area (Å²) in [6.45, 7) is 0. The van der Waals surface area contributed by atoms with Gasteiger partial charge in [0.05, 0.1) is 15.6 Å². The van der Waals surface area contributed by atoms with Crippen LogP contribution in [-0.4, -0.2) is 10.8 Å². The van der Waals surface area contributed by atoms with E-state index in [4.69, 9.17) is 23.2 Å². The Hall–Kier alpha value is -0.900. The molecule has 0 fully saturated rings. The van der Waals surface area contributed by atoms with Crippen LogP contribution in [-0.2, 0) is 6.42 Å². The summed E-state index contributed by atoms with van der Waals surface area (Å²) in [6, 6.07) is 5.32. The fraction of sp³-hybridized carbons (Fsp3) is 0.231. The predicted molar refractivity (Wildman–Crippen MR) is 74.8 cm³/mol. The zero-order valence-corrected chi connectivity index (χ0v) is 11.7. The maximum Gasteiger partial charge on any atom is 0.174 e. The smallest absolute Gasteiger partial charge is 0.174 e.